The number of aromatic nitrogens is 3. The molecule has 2 rings (SSSR count). The molecular formula is C13H18N4S. The highest BCUT2D eigenvalue weighted by Gasteiger charge is 2.11. The molecule has 18 heavy (non-hydrogen) atoms. The van der Waals surface area contributed by atoms with Crippen molar-refractivity contribution in [3.8, 4) is 10.8 Å². The van der Waals surface area contributed by atoms with E-state index in [1.54, 1.807) is 11.3 Å². The van der Waals surface area contributed by atoms with Crippen LogP contribution in [-0.2, 0) is 0 Å². The van der Waals surface area contributed by atoms with Crippen molar-refractivity contribution >= 4 is 17.2 Å². The monoisotopic (exact) mass is 262 g/mol. The Morgan fingerprint density at radius 1 is 1.28 bits per heavy atom. The summed E-state index contributed by atoms with van der Waals surface area (Å²) in [6, 6.07) is 2.01. The Hall–Kier alpha value is -1.49. The molecule has 0 spiro atoms. The molecule has 5 heteroatoms. The average molecular weight is 262 g/mol. The van der Waals surface area contributed by atoms with Crippen molar-refractivity contribution in [3.05, 3.63) is 22.8 Å². The Balaban J connectivity index is 2.45. The third-order valence-corrected chi connectivity index (χ3v) is 3.46. The Labute approximate surface area is 112 Å². The number of rotatable bonds is 4. The van der Waals surface area contributed by atoms with Crippen LogP contribution in [0.1, 0.15) is 38.1 Å². The molecule has 1 N–H and O–H groups in total. The largest absolute Gasteiger partial charge is 0.370 e. The molecule has 0 bridgehead atoms. The fourth-order valence-electron chi connectivity index (χ4n) is 1.59. The van der Waals surface area contributed by atoms with Crippen molar-refractivity contribution in [2.45, 2.75) is 33.6 Å². The lowest BCUT2D eigenvalue weighted by atomic mass is 10.1. The van der Waals surface area contributed by atoms with Crippen LogP contribution in [0.3, 0.4) is 0 Å². The van der Waals surface area contributed by atoms with Gasteiger partial charge in [0, 0.05) is 29.4 Å². The molecule has 2 heterocycles. The molecular weight excluding hydrogens is 244 g/mol. The van der Waals surface area contributed by atoms with Crippen molar-refractivity contribution in [2.24, 2.45) is 0 Å². The molecule has 2 aromatic rings. The van der Waals surface area contributed by atoms with Crippen molar-refractivity contribution in [1.82, 2.24) is 15.0 Å². The van der Waals surface area contributed by atoms with Gasteiger partial charge in [0.15, 0.2) is 10.8 Å². The van der Waals surface area contributed by atoms with Gasteiger partial charge in [0.05, 0.1) is 0 Å². The van der Waals surface area contributed by atoms with Crippen molar-refractivity contribution in [1.29, 1.82) is 0 Å². The maximum absolute atomic E-state index is 4.60. The molecule has 2 aromatic heterocycles. The van der Waals surface area contributed by atoms with E-state index in [-0.39, 0.29) is 0 Å². The van der Waals surface area contributed by atoms with Gasteiger partial charge in [0.2, 0.25) is 0 Å². The predicted octanol–water partition coefficient (Wildman–Crippen LogP) is 3.46. The summed E-state index contributed by atoms with van der Waals surface area (Å²) in [4.78, 5) is 13.6. The summed E-state index contributed by atoms with van der Waals surface area (Å²) in [5.41, 5.74) is 2.06. The standard InChI is InChI=1S/C13H18N4S/c1-5-14-11-6-10(8(2)3)16-12(17-11)13-15-9(4)7-18-13/h6-8H,5H2,1-4H3,(H,14,16,17). The van der Waals surface area contributed by atoms with Crippen LogP contribution in [0.5, 0.6) is 0 Å². The van der Waals surface area contributed by atoms with E-state index in [1.807, 2.05) is 18.4 Å². The van der Waals surface area contributed by atoms with Crippen molar-refractivity contribution < 1.29 is 0 Å². The first kappa shape index (κ1) is 13.0. The Bertz CT molecular complexity index is 534. The van der Waals surface area contributed by atoms with E-state index >= 15 is 0 Å². The summed E-state index contributed by atoms with van der Waals surface area (Å²) in [5.74, 6) is 1.97. The van der Waals surface area contributed by atoms with Gasteiger partial charge in [-0.25, -0.2) is 15.0 Å². The summed E-state index contributed by atoms with van der Waals surface area (Å²) in [6.07, 6.45) is 0. The average Bonchev–Trinajstić information content (AvgIpc) is 2.76. The molecule has 0 saturated carbocycles. The van der Waals surface area contributed by atoms with Crippen LogP contribution >= 0.6 is 11.3 Å². The lowest BCUT2D eigenvalue weighted by Gasteiger charge is -2.09. The molecule has 0 unspecified atom stereocenters. The number of nitrogens with one attached hydrogen (secondary N) is 1. The molecule has 0 amide bonds. The van der Waals surface area contributed by atoms with Gasteiger partial charge in [-0.15, -0.1) is 11.3 Å². The maximum atomic E-state index is 4.60. The summed E-state index contributed by atoms with van der Waals surface area (Å²) in [7, 11) is 0. The minimum absolute atomic E-state index is 0.380. The van der Waals surface area contributed by atoms with E-state index in [4.69, 9.17) is 0 Å². The molecule has 0 saturated heterocycles. The van der Waals surface area contributed by atoms with Gasteiger partial charge in [0.25, 0.3) is 0 Å². The van der Waals surface area contributed by atoms with Crippen LogP contribution in [0.15, 0.2) is 11.4 Å². The van der Waals surface area contributed by atoms with E-state index in [9.17, 15) is 0 Å². The van der Waals surface area contributed by atoms with Gasteiger partial charge in [-0.3, -0.25) is 0 Å². The molecule has 0 fully saturated rings. The van der Waals surface area contributed by atoms with E-state index in [1.165, 1.54) is 0 Å². The third kappa shape index (κ3) is 2.85. The quantitative estimate of drug-likeness (QED) is 0.916. The highest BCUT2D eigenvalue weighted by Crippen LogP contribution is 2.24. The minimum Gasteiger partial charge on any atom is -0.370 e. The molecule has 0 aliphatic rings. The second-order valence-corrected chi connectivity index (χ2v) is 5.34. The first-order valence-corrected chi connectivity index (χ1v) is 7.03. The zero-order valence-corrected chi connectivity index (χ0v) is 12.0. The van der Waals surface area contributed by atoms with Crippen molar-refractivity contribution in [2.75, 3.05) is 11.9 Å². The van der Waals surface area contributed by atoms with E-state index in [2.05, 4.69) is 41.0 Å². The maximum Gasteiger partial charge on any atom is 0.190 e. The molecule has 0 aromatic carbocycles. The van der Waals surface area contributed by atoms with Crippen LogP contribution < -0.4 is 5.32 Å². The third-order valence-electron chi connectivity index (χ3n) is 2.51. The van der Waals surface area contributed by atoms with Gasteiger partial charge in [-0.1, -0.05) is 13.8 Å². The summed E-state index contributed by atoms with van der Waals surface area (Å²) < 4.78 is 0. The molecule has 0 radical (unpaired) electrons. The number of thiazole rings is 1. The van der Waals surface area contributed by atoms with Gasteiger partial charge in [-0.05, 0) is 19.8 Å². The number of hydrogen-bond acceptors (Lipinski definition) is 5. The minimum atomic E-state index is 0.380. The topological polar surface area (TPSA) is 50.7 Å². The predicted molar refractivity (Wildman–Crippen MR) is 76.1 cm³/mol. The molecule has 96 valence electrons. The first-order chi connectivity index (χ1) is 8.60. The van der Waals surface area contributed by atoms with E-state index in [0.717, 1.165) is 34.6 Å². The van der Waals surface area contributed by atoms with Crippen LogP contribution in [0.4, 0.5) is 5.82 Å². The van der Waals surface area contributed by atoms with Gasteiger partial charge < -0.3 is 5.32 Å². The second-order valence-electron chi connectivity index (χ2n) is 4.48. The molecule has 4 nitrogen and oxygen atoms in total. The molecule has 0 atom stereocenters. The smallest absolute Gasteiger partial charge is 0.190 e. The number of aryl methyl sites for hydroxylation is 1. The van der Waals surface area contributed by atoms with E-state index < -0.39 is 0 Å². The van der Waals surface area contributed by atoms with Gasteiger partial charge >= 0.3 is 0 Å². The Morgan fingerprint density at radius 2 is 2.06 bits per heavy atom. The summed E-state index contributed by atoms with van der Waals surface area (Å²) in [6.45, 7) is 9.16. The lowest BCUT2D eigenvalue weighted by molar-refractivity contribution is 0.816. The molecule has 0 aliphatic carbocycles. The fraction of sp³-hybridized carbons (Fsp3) is 0.462. The zero-order chi connectivity index (χ0) is 13.1. The fourth-order valence-corrected chi connectivity index (χ4v) is 2.31. The van der Waals surface area contributed by atoms with Crippen LogP contribution in [0.2, 0.25) is 0 Å². The first-order valence-electron chi connectivity index (χ1n) is 6.15. The molecule has 0 aliphatic heterocycles. The zero-order valence-electron chi connectivity index (χ0n) is 11.2. The lowest BCUT2D eigenvalue weighted by Crippen LogP contribution is -2.05. The van der Waals surface area contributed by atoms with Crippen molar-refractivity contribution in [3.63, 3.8) is 0 Å². The normalized spacial score (nSPS) is 10.9. The Kier molecular flexibility index (Phi) is 3.91. The van der Waals surface area contributed by atoms with Crippen LogP contribution in [-0.4, -0.2) is 21.5 Å². The van der Waals surface area contributed by atoms with Gasteiger partial charge in [-0.2, -0.15) is 0 Å². The van der Waals surface area contributed by atoms with Crippen LogP contribution in [0, 0.1) is 6.92 Å². The van der Waals surface area contributed by atoms with E-state index in [0.29, 0.717) is 5.92 Å². The van der Waals surface area contributed by atoms with Crippen LogP contribution in [0.25, 0.3) is 10.8 Å². The second kappa shape index (κ2) is 5.44. The summed E-state index contributed by atoms with van der Waals surface area (Å²) >= 11 is 1.59. The highest BCUT2D eigenvalue weighted by molar-refractivity contribution is 7.13. The Morgan fingerprint density at radius 3 is 2.61 bits per heavy atom. The van der Waals surface area contributed by atoms with Gasteiger partial charge in [0.1, 0.15) is 5.82 Å². The highest BCUT2D eigenvalue weighted by atomic mass is 32.1. The number of nitrogens with zero attached hydrogens (tertiary/aromatic N) is 3. The SMILES string of the molecule is CCNc1cc(C(C)C)nc(-c2nc(C)cs2)n1. The summed E-state index contributed by atoms with van der Waals surface area (Å²) in [5, 5.41) is 6.15. The number of hydrogen-bond donors (Lipinski definition) is 1. The number of anilines is 1.